The highest BCUT2D eigenvalue weighted by Gasteiger charge is 2.60. The average molecular weight is 168 g/mol. The Hall–Kier alpha value is -0.250. The fourth-order valence-electron chi connectivity index (χ4n) is 1.34. The van der Waals surface area contributed by atoms with E-state index in [0.717, 1.165) is 0 Å². The number of alkyl halides is 3. The third-order valence-corrected chi connectivity index (χ3v) is 2.12. The molecule has 0 aromatic heterocycles. The molecule has 1 fully saturated rings. The number of hydrogen-bond acceptors (Lipinski definition) is 1. The van der Waals surface area contributed by atoms with Crippen LogP contribution in [0.2, 0.25) is 0 Å². The minimum atomic E-state index is -4.12. The van der Waals surface area contributed by atoms with Crippen molar-refractivity contribution in [1.29, 1.82) is 0 Å². The highest BCUT2D eigenvalue weighted by atomic mass is 19.4. The lowest BCUT2D eigenvalue weighted by Gasteiger charge is -2.17. The first-order valence-corrected chi connectivity index (χ1v) is 3.52. The summed E-state index contributed by atoms with van der Waals surface area (Å²) in [6.45, 7) is 2.84. The molecule has 0 aromatic rings. The Labute approximate surface area is 63.2 Å². The van der Waals surface area contributed by atoms with Crippen molar-refractivity contribution in [3.8, 4) is 0 Å². The van der Waals surface area contributed by atoms with E-state index in [1.165, 1.54) is 13.8 Å². The molecule has 0 aromatic carbocycles. The Bertz CT molecular complexity index is 138. The van der Waals surface area contributed by atoms with Crippen molar-refractivity contribution in [1.82, 2.24) is 0 Å². The van der Waals surface area contributed by atoms with Gasteiger partial charge in [-0.15, -0.1) is 0 Å². The zero-order valence-corrected chi connectivity index (χ0v) is 6.44. The van der Waals surface area contributed by atoms with Gasteiger partial charge in [-0.2, -0.15) is 13.2 Å². The molecule has 0 bridgehead atoms. The second-order valence-electron chi connectivity index (χ2n) is 3.64. The molecule has 0 heterocycles. The van der Waals surface area contributed by atoms with Crippen LogP contribution in [0.15, 0.2) is 0 Å². The molecule has 2 unspecified atom stereocenters. The summed E-state index contributed by atoms with van der Waals surface area (Å²) < 4.78 is 35.7. The van der Waals surface area contributed by atoms with Crippen LogP contribution < -0.4 is 0 Å². The number of halogens is 3. The van der Waals surface area contributed by atoms with Crippen LogP contribution in [0.1, 0.15) is 20.3 Å². The van der Waals surface area contributed by atoms with E-state index in [9.17, 15) is 18.3 Å². The summed E-state index contributed by atoms with van der Waals surface area (Å²) >= 11 is 0. The lowest BCUT2D eigenvalue weighted by atomic mass is 10.0. The molecule has 1 rings (SSSR count). The van der Waals surface area contributed by atoms with E-state index in [2.05, 4.69) is 0 Å². The third kappa shape index (κ3) is 1.86. The summed E-state index contributed by atoms with van der Waals surface area (Å²) in [5, 5.41) is 9.19. The average Bonchev–Trinajstić information content (AvgIpc) is 2.30. The topological polar surface area (TPSA) is 20.2 Å². The van der Waals surface area contributed by atoms with Crippen molar-refractivity contribution < 1.29 is 18.3 Å². The van der Waals surface area contributed by atoms with Gasteiger partial charge in [0.05, 0.1) is 11.5 Å². The minimum absolute atomic E-state index is 0.0764. The van der Waals surface area contributed by atoms with Gasteiger partial charge < -0.3 is 5.11 Å². The maximum atomic E-state index is 11.9. The van der Waals surface area contributed by atoms with Crippen LogP contribution in [-0.2, 0) is 0 Å². The van der Waals surface area contributed by atoms with Crippen molar-refractivity contribution in [3.05, 3.63) is 0 Å². The zero-order chi connectivity index (χ0) is 8.86. The van der Waals surface area contributed by atoms with Gasteiger partial charge in [-0.1, -0.05) is 0 Å². The molecule has 2 atom stereocenters. The molecule has 0 spiro atoms. The third-order valence-electron chi connectivity index (χ3n) is 2.12. The van der Waals surface area contributed by atoms with Gasteiger partial charge in [0.1, 0.15) is 0 Å². The summed E-state index contributed by atoms with van der Waals surface area (Å²) in [5.41, 5.74) is -1.18. The lowest BCUT2D eigenvalue weighted by molar-refractivity contribution is -0.157. The molecule has 4 heteroatoms. The van der Waals surface area contributed by atoms with Gasteiger partial charge >= 0.3 is 6.18 Å². The molecular formula is C7H11F3O. The molecule has 1 nitrogen and oxygen atoms in total. The first-order valence-electron chi connectivity index (χ1n) is 3.52. The zero-order valence-electron chi connectivity index (χ0n) is 6.44. The van der Waals surface area contributed by atoms with Gasteiger partial charge in [0.2, 0.25) is 0 Å². The van der Waals surface area contributed by atoms with Gasteiger partial charge in [0, 0.05) is 0 Å². The number of hydrogen-bond donors (Lipinski definition) is 1. The lowest BCUT2D eigenvalue weighted by Crippen LogP contribution is -2.26. The van der Waals surface area contributed by atoms with Gasteiger partial charge in [-0.25, -0.2) is 0 Å². The second-order valence-corrected chi connectivity index (χ2v) is 3.64. The van der Waals surface area contributed by atoms with Crippen molar-refractivity contribution in [2.24, 2.45) is 11.8 Å². The molecular weight excluding hydrogens is 157 g/mol. The largest absolute Gasteiger partial charge is 0.392 e. The standard InChI is InChI=1S/C7H11F3O/c1-6(2,11)4-3-5(4)7(8,9)10/h4-5,11H,3H2,1-2H3. The summed E-state index contributed by atoms with van der Waals surface area (Å²) in [4.78, 5) is 0. The van der Waals surface area contributed by atoms with Gasteiger partial charge in [0.15, 0.2) is 0 Å². The second kappa shape index (κ2) is 2.12. The number of aliphatic hydroxyl groups is 1. The van der Waals surface area contributed by atoms with Crippen LogP contribution in [0.5, 0.6) is 0 Å². The van der Waals surface area contributed by atoms with Crippen molar-refractivity contribution in [3.63, 3.8) is 0 Å². The molecule has 0 amide bonds. The van der Waals surface area contributed by atoms with E-state index in [4.69, 9.17) is 0 Å². The van der Waals surface area contributed by atoms with E-state index >= 15 is 0 Å². The molecule has 11 heavy (non-hydrogen) atoms. The highest BCUT2D eigenvalue weighted by Crippen LogP contribution is 2.54. The Morgan fingerprint density at radius 2 is 1.64 bits per heavy atom. The van der Waals surface area contributed by atoms with Gasteiger partial charge in [-0.05, 0) is 26.2 Å². The Morgan fingerprint density at radius 3 is 1.73 bits per heavy atom. The summed E-state index contributed by atoms with van der Waals surface area (Å²) in [6, 6.07) is 0. The predicted octanol–water partition coefficient (Wildman–Crippen LogP) is 1.96. The molecule has 0 radical (unpaired) electrons. The van der Waals surface area contributed by atoms with Gasteiger partial charge in [0.25, 0.3) is 0 Å². The van der Waals surface area contributed by atoms with Crippen LogP contribution in [-0.4, -0.2) is 16.9 Å². The van der Waals surface area contributed by atoms with Crippen molar-refractivity contribution >= 4 is 0 Å². The van der Waals surface area contributed by atoms with Gasteiger partial charge in [-0.3, -0.25) is 0 Å². The molecule has 1 N–H and O–H groups in total. The Kier molecular flexibility index (Phi) is 1.71. The fourth-order valence-corrected chi connectivity index (χ4v) is 1.34. The first-order chi connectivity index (χ1) is 4.73. The fraction of sp³-hybridized carbons (Fsp3) is 1.00. The molecule has 1 aliphatic rings. The van der Waals surface area contributed by atoms with Crippen molar-refractivity contribution in [2.75, 3.05) is 0 Å². The minimum Gasteiger partial charge on any atom is -0.390 e. The van der Waals surface area contributed by atoms with Crippen LogP contribution >= 0.6 is 0 Å². The summed E-state index contributed by atoms with van der Waals surface area (Å²) in [7, 11) is 0. The van der Waals surface area contributed by atoms with E-state index in [-0.39, 0.29) is 6.42 Å². The first kappa shape index (κ1) is 8.84. The van der Waals surface area contributed by atoms with E-state index in [0.29, 0.717) is 0 Å². The van der Waals surface area contributed by atoms with Crippen LogP contribution in [0.25, 0.3) is 0 Å². The molecule has 1 aliphatic carbocycles. The molecule has 0 saturated heterocycles. The van der Waals surface area contributed by atoms with Crippen LogP contribution in [0.4, 0.5) is 13.2 Å². The van der Waals surface area contributed by atoms with Crippen LogP contribution in [0.3, 0.4) is 0 Å². The highest BCUT2D eigenvalue weighted by molar-refractivity contribution is 4.99. The summed E-state index contributed by atoms with van der Waals surface area (Å²) in [6.07, 6.45) is -4.04. The number of rotatable bonds is 1. The van der Waals surface area contributed by atoms with Crippen molar-refractivity contribution in [2.45, 2.75) is 32.0 Å². The summed E-state index contributed by atoms with van der Waals surface area (Å²) in [5.74, 6) is -1.87. The molecule has 0 aliphatic heterocycles. The Morgan fingerprint density at radius 1 is 1.18 bits per heavy atom. The predicted molar refractivity (Wildman–Crippen MR) is 33.9 cm³/mol. The van der Waals surface area contributed by atoms with E-state index < -0.39 is 23.6 Å². The maximum absolute atomic E-state index is 11.9. The van der Waals surface area contributed by atoms with E-state index in [1.54, 1.807) is 0 Å². The Balaban J connectivity index is 2.51. The van der Waals surface area contributed by atoms with Crippen LogP contribution in [0, 0.1) is 11.8 Å². The monoisotopic (exact) mass is 168 g/mol. The molecule has 1 saturated carbocycles. The quantitative estimate of drug-likeness (QED) is 0.634. The van der Waals surface area contributed by atoms with E-state index in [1.807, 2.05) is 0 Å². The molecule has 66 valence electrons. The smallest absolute Gasteiger partial charge is 0.390 e. The SMILES string of the molecule is CC(C)(O)C1CC1C(F)(F)F. The normalized spacial score (nSPS) is 32.2. The maximum Gasteiger partial charge on any atom is 0.392 e.